The van der Waals surface area contributed by atoms with E-state index >= 15 is 0 Å². The molecule has 0 fully saturated rings. The molecular weight excluding hydrogens is 438 g/mol. The van der Waals surface area contributed by atoms with E-state index in [1.54, 1.807) is 24.3 Å². The summed E-state index contributed by atoms with van der Waals surface area (Å²) in [6, 6.07) is 12.2. The van der Waals surface area contributed by atoms with Crippen molar-refractivity contribution in [2.75, 3.05) is 10.6 Å². The van der Waals surface area contributed by atoms with Gasteiger partial charge in [-0.05, 0) is 67.6 Å². The molecule has 31 heavy (non-hydrogen) atoms. The molecule has 2 N–H and O–H groups in total. The van der Waals surface area contributed by atoms with Crippen LogP contribution in [0, 0.1) is 10.1 Å². The van der Waals surface area contributed by atoms with Crippen LogP contribution in [0.15, 0.2) is 48.5 Å². The molecule has 0 aliphatic heterocycles. The summed E-state index contributed by atoms with van der Waals surface area (Å²) in [5, 5.41) is 17.6. The van der Waals surface area contributed by atoms with Gasteiger partial charge in [0, 0.05) is 33.3 Å². The first kappa shape index (κ1) is 21.0. The predicted molar refractivity (Wildman–Crippen MR) is 121 cm³/mol. The number of rotatable bonds is 5. The number of aryl methyl sites for hydroxylation is 1. The summed E-state index contributed by atoms with van der Waals surface area (Å²) in [4.78, 5) is 37.3. The van der Waals surface area contributed by atoms with E-state index in [4.69, 9.17) is 11.6 Å². The fourth-order valence-electron chi connectivity index (χ4n) is 3.53. The van der Waals surface area contributed by atoms with Gasteiger partial charge in [0.15, 0.2) is 0 Å². The fourth-order valence-corrected chi connectivity index (χ4v) is 4.94. The zero-order chi connectivity index (χ0) is 22.0. The highest BCUT2D eigenvalue weighted by Crippen LogP contribution is 2.39. The van der Waals surface area contributed by atoms with Gasteiger partial charge < -0.3 is 10.6 Å². The van der Waals surface area contributed by atoms with Gasteiger partial charge in [-0.25, -0.2) is 0 Å². The lowest BCUT2D eigenvalue weighted by Gasteiger charge is -2.13. The van der Waals surface area contributed by atoms with Gasteiger partial charge in [0.05, 0.1) is 10.5 Å². The lowest BCUT2D eigenvalue weighted by molar-refractivity contribution is -0.384. The van der Waals surface area contributed by atoms with Crippen LogP contribution in [-0.4, -0.2) is 16.7 Å². The van der Waals surface area contributed by atoms with Crippen LogP contribution >= 0.6 is 22.9 Å². The lowest BCUT2D eigenvalue weighted by Crippen LogP contribution is -2.18. The molecule has 1 aliphatic carbocycles. The van der Waals surface area contributed by atoms with Crippen LogP contribution in [0.3, 0.4) is 0 Å². The summed E-state index contributed by atoms with van der Waals surface area (Å²) in [7, 11) is 0. The number of carbonyl (C=O) groups is 2. The van der Waals surface area contributed by atoms with E-state index in [1.165, 1.54) is 35.6 Å². The van der Waals surface area contributed by atoms with Crippen LogP contribution < -0.4 is 10.6 Å². The maximum absolute atomic E-state index is 13.1. The molecular formula is C22H18ClN3O4S. The number of nitrogens with zero attached hydrogens (tertiary/aromatic N) is 1. The van der Waals surface area contributed by atoms with E-state index in [9.17, 15) is 19.7 Å². The van der Waals surface area contributed by atoms with E-state index in [0.717, 1.165) is 36.1 Å². The zero-order valence-electron chi connectivity index (χ0n) is 16.3. The highest BCUT2D eigenvalue weighted by molar-refractivity contribution is 7.17. The molecule has 2 aromatic carbocycles. The number of non-ortho nitro benzene ring substituents is 1. The molecule has 1 aliphatic rings. The number of carbonyl (C=O) groups excluding carboxylic acids is 2. The molecule has 0 atom stereocenters. The Hall–Kier alpha value is -3.23. The van der Waals surface area contributed by atoms with E-state index in [0.29, 0.717) is 21.3 Å². The second-order valence-corrected chi connectivity index (χ2v) is 8.68. The molecule has 0 unspecified atom stereocenters. The predicted octanol–water partition coefficient (Wildman–Crippen LogP) is 5.69. The number of nitro groups is 1. The molecule has 1 heterocycles. The number of hydrogen-bond acceptors (Lipinski definition) is 5. The SMILES string of the molecule is O=C(Nc1sc2c(c1C(=O)Nc1ccc(Cl)cc1)CCCC2)c1ccc([N+](=O)[O-])cc1. The third-order valence-electron chi connectivity index (χ3n) is 5.07. The average Bonchev–Trinajstić information content (AvgIpc) is 3.13. The number of halogens is 1. The first-order chi connectivity index (χ1) is 14.9. The molecule has 2 amide bonds. The van der Waals surface area contributed by atoms with Crippen LogP contribution in [0.4, 0.5) is 16.4 Å². The Bertz CT molecular complexity index is 1160. The van der Waals surface area contributed by atoms with Crippen LogP contribution in [-0.2, 0) is 12.8 Å². The van der Waals surface area contributed by atoms with Gasteiger partial charge in [0.1, 0.15) is 5.00 Å². The maximum Gasteiger partial charge on any atom is 0.269 e. The average molecular weight is 456 g/mol. The molecule has 0 spiro atoms. The van der Waals surface area contributed by atoms with Crippen molar-refractivity contribution in [1.29, 1.82) is 0 Å². The quantitative estimate of drug-likeness (QED) is 0.381. The van der Waals surface area contributed by atoms with E-state index in [-0.39, 0.29) is 17.2 Å². The maximum atomic E-state index is 13.1. The van der Waals surface area contributed by atoms with Gasteiger partial charge in [-0.3, -0.25) is 19.7 Å². The molecule has 158 valence electrons. The molecule has 0 radical (unpaired) electrons. The second-order valence-electron chi connectivity index (χ2n) is 7.13. The van der Waals surface area contributed by atoms with Crippen molar-refractivity contribution < 1.29 is 14.5 Å². The summed E-state index contributed by atoms with van der Waals surface area (Å²) in [6.07, 6.45) is 3.68. The fraction of sp³-hybridized carbons (Fsp3) is 0.182. The molecule has 0 saturated heterocycles. The van der Waals surface area contributed by atoms with Crippen molar-refractivity contribution in [3.63, 3.8) is 0 Å². The van der Waals surface area contributed by atoms with Crippen molar-refractivity contribution in [2.45, 2.75) is 25.7 Å². The van der Waals surface area contributed by atoms with Crippen molar-refractivity contribution in [3.8, 4) is 0 Å². The molecule has 4 rings (SSSR count). The first-order valence-electron chi connectivity index (χ1n) is 9.69. The standard InChI is InChI=1S/C22H18ClN3O4S/c23-14-7-9-15(10-8-14)24-21(28)19-17-3-1-2-4-18(17)31-22(19)25-20(27)13-5-11-16(12-6-13)26(29)30/h5-12H,1-4H2,(H,24,28)(H,25,27). The van der Waals surface area contributed by atoms with Crippen molar-refractivity contribution in [1.82, 2.24) is 0 Å². The molecule has 1 aromatic heterocycles. The van der Waals surface area contributed by atoms with Crippen LogP contribution in [0.5, 0.6) is 0 Å². The number of thiophene rings is 1. The van der Waals surface area contributed by atoms with Gasteiger partial charge in [-0.2, -0.15) is 0 Å². The van der Waals surface area contributed by atoms with Crippen molar-refractivity contribution in [3.05, 3.63) is 85.2 Å². The number of anilines is 2. The Morgan fingerprint density at radius 3 is 2.29 bits per heavy atom. The Kier molecular flexibility index (Phi) is 6.01. The monoisotopic (exact) mass is 455 g/mol. The Balaban J connectivity index is 1.61. The van der Waals surface area contributed by atoms with Crippen molar-refractivity contribution in [2.24, 2.45) is 0 Å². The zero-order valence-corrected chi connectivity index (χ0v) is 17.9. The topological polar surface area (TPSA) is 101 Å². The molecule has 9 heteroatoms. The molecule has 3 aromatic rings. The van der Waals surface area contributed by atoms with Gasteiger partial charge in [0.2, 0.25) is 0 Å². The van der Waals surface area contributed by atoms with E-state index < -0.39 is 10.8 Å². The number of benzene rings is 2. The molecule has 0 bridgehead atoms. The van der Waals surface area contributed by atoms with Gasteiger partial charge in [0.25, 0.3) is 17.5 Å². The number of nitrogens with one attached hydrogen (secondary N) is 2. The summed E-state index contributed by atoms with van der Waals surface area (Å²) >= 11 is 7.33. The van der Waals surface area contributed by atoms with Crippen LogP contribution in [0.25, 0.3) is 0 Å². The smallest absolute Gasteiger partial charge is 0.269 e. The van der Waals surface area contributed by atoms with Crippen LogP contribution in [0.1, 0.15) is 44.0 Å². The summed E-state index contributed by atoms with van der Waals surface area (Å²) in [5.41, 5.74) is 2.25. The minimum Gasteiger partial charge on any atom is -0.322 e. The summed E-state index contributed by atoms with van der Waals surface area (Å²) in [5.74, 6) is -0.713. The van der Waals surface area contributed by atoms with Crippen LogP contribution in [0.2, 0.25) is 5.02 Å². The van der Waals surface area contributed by atoms with Crippen molar-refractivity contribution >= 4 is 51.1 Å². The van der Waals surface area contributed by atoms with E-state index in [2.05, 4.69) is 10.6 Å². The minimum absolute atomic E-state index is 0.0915. The number of fused-ring (bicyclic) bond motifs is 1. The lowest BCUT2D eigenvalue weighted by atomic mass is 9.95. The third-order valence-corrected chi connectivity index (χ3v) is 6.53. The Morgan fingerprint density at radius 1 is 0.935 bits per heavy atom. The van der Waals surface area contributed by atoms with Gasteiger partial charge >= 0.3 is 0 Å². The first-order valence-corrected chi connectivity index (χ1v) is 10.9. The summed E-state index contributed by atoms with van der Waals surface area (Å²) in [6.45, 7) is 0. The highest BCUT2D eigenvalue weighted by atomic mass is 35.5. The van der Waals surface area contributed by atoms with E-state index in [1.807, 2.05) is 0 Å². The minimum atomic E-state index is -0.520. The Labute approximate surface area is 187 Å². The largest absolute Gasteiger partial charge is 0.322 e. The number of hydrogen-bond donors (Lipinski definition) is 2. The Morgan fingerprint density at radius 2 is 1.61 bits per heavy atom. The highest BCUT2D eigenvalue weighted by Gasteiger charge is 2.27. The van der Waals surface area contributed by atoms with Gasteiger partial charge in [-0.15, -0.1) is 11.3 Å². The third kappa shape index (κ3) is 4.60. The number of nitro benzene ring substituents is 1. The normalized spacial score (nSPS) is 12.7. The second kappa shape index (κ2) is 8.87. The molecule has 7 nitrogen and oxygen atoms in total. The summed E-state index contributed by atoms with van der Waals surface area (Å²) < 4.78 is 0. The van der Waals surface area contributed by atoms with Gasteiger partial charge in [-0.1, -0.05) is 11.6 Å². The number of amides is 2. The molecule has 0 saturated carbocycles.